The smallest absolute Gasteiger partial charge is 0.272 e. The lowest BCUT2D eigenvalue weighted by Crippen LogP contribution is -2.46. The van der Waals surface area contributed by atoms with Gasteiger partial charge in [-0.2, -0.15) is 0 Å². The topological polar surface area (TPSA) is 107 Å². The van der Waals surface area contributed by atoms with Crippen LogP contribution in [0.5, 0.6) is 0 Å². The van der Waals surface area contributed by atoms with Gasteiger partial charge in [-0.05, 0) is 42.8 Å². The zero-order valence-corrected chi connectivity index (χ0v) is 19.2. The predicted octanol–water partition coefficient (Wildman–Crippen LogP) is 1.84. The van der Waals surface area contributed by atoms with Crippen molar-refractivity contribution in [1.82, 2.24) is 20.2 Å². The minimum absolute atomic E-state index is 0.0159. The highest BCUT2D eigenvalue weighted by atomic mass is 79.9. The highest BCUT2D eigenvalue weighted by molar-refractivity contribution is 9.10. The van der Waals surface area contributed by atoms with Crippen molar-refractivity contribution in [1.29, 1.82) is 0 Å². The van der Waals surface area contributed by atoms with E-state index in [0.717, 1.165) is 9.37 Å². The van der Waals surface area contributed by atoms with E-state index in [9.17, 15) is 24.0 Å². The van der Waals surface area contributed by atoms with Crippen molar-refractivity contribution in [2.24, 2.45) is 0 Å². The average molecular weight is 513 g/mol. The Hall–Kier alpha value is -3.53. The molecule has 0 radical (unpaired) electrons. The van der Waals surface area contributed by atoms with E-state index in [0.29, 0.717) is 25.1 Å². The van der Waals surface area contributed by atoms with Gasteiger partial charge in [-0.15, -0.1) is 0 Å². The molecule has 2 heterocycles. The fourth-order valence-electron chi connectivity index (χ4n) is 3.84. The zero-order valence-electron chi connectivity index (χ0n) is 17.6. The van der Waals surface area contributed by atoms with Crippen LogP contribution >= 0.6 is 15.9 Å². The molecule has 9 nitrogen and oxygen atoms in total. The molecular weight excluding hydrogens is 492 g/mol. The van der Waals surface area contributed by atoms with Crippen LogP contribution in [0.1, 0.15) is 43.9 Å². The normalized spacial score (nSPS) is 15.1. The van der Waals surface area contributed by atoms with Crippen LogP contribution in [-0.2, 0) is 9.59 Å². The number of imide groups is 1. The Morgan fingerprint density at radius 2 is 1.48 bits per heavy atom. The molecule has 1 saturated heterocycles. The molecule has 0 atom stereocenters. The third kappa shape index (κ3) is 4.65. The monoisotopic (exact) mass is 512 g/mol. The SMILES string of the molecule is O=C(CN1C(=O)c2ccccc2C1=O)NCCC(=O)N1CCCN1C(=O)c1ccc(Br)cc1. The first-order chi connectivity index (χ1) is 15.9. The summed E-state index contributed by atoms with van der Waals surface area (Å²) >= 11 is 3.33. The molecule has 4 rings (SSSR count). The summed E-state index contributed by atoms with van der Waals surface area (Å²) in [6, 6.07) is 13.3. The summed E-state index contributed by atoms with van der Waals surface area (Å²) in [5.74, 6) is -2.12. The number of fused-ring (bicyclic) bond motifs is 1. The average Bonchev–Trinajstić information content (AvgIpc) is 3.39. The van der Waals surface area contributed by atoms with Crippen LogP contribution < -0.4 is 5.32 Å². The number of amides is 5. The maximum Gasteiger partial charge on any atom is 0.272 e. The summed E-state index contributed by atoms with van der Waals surface area (Å²) in [4.78, 5) is 63.3. The largest absolute Gasteiger partial charge is 0.354 e. The van der Waals surface area contributed by atoms with Crippen LogP contribution in [0.2, 0.25) is 0 Å². The number of nitrogens with one attached hydrogen (secondary N) is 1. The lowest BCUT2D eigenvalue weighted by Gasteiger charge is -2.28. The Labute approximate surface area is 198 Å². The Morgan fingerprint density at radius 3 is 2.12 bits per heavy atom. The maximum absolute atomic E-state index is 12.8. The van der Waals surface area contributed by atoms with Crippen molar-refractivity contribution in [2.75, 3.05) is 26.2 Å². The number of nitrogens with zero attached hydrogens (tertiary/aromatic N) is 3. The van der Waals surface area contributed by atoms with Gasteiger partial charge in [0.05, 0.1) is 11.1 Å². The van der Waals surface area contributed by atoms with E-state index in [1.54, 1.807) is 48.5 Å². The summed E-state index contributed by atoms with van der Waals surface area (Å²) in [7, 11) is 0. The van der Waals surface area contributed by atoms with Crippen LogP contribution in [0.25, 0.3) is 0 Å². The fourth-order valence-corrected chi connectivity index (χ4v) is 4.11. The van der Waals surface area contributed by atoms with Gasteiger partial charge in [0.2, 0.25) is 11.8 Å². The molecule has 0 saturated carbocycles. The number of hydrogen-bond donors (Lipinski definition) is 1. The molecule has 0 aliphatic carbocycles. The van der Waals surface area contributed by atoms with E-state index in [1.165, 1.54) is 10.0 Å². The highest BCUT2D eigenvalue weighted by Gasteiger charge is 2.36. The number of carbonyl (C=O) groups excluding carboxylic acids is 5. The van der Waals surface area contributed by atoms with Gasteiger partial charge in [0.15, 0.2) is 0 Å². The Bertz CT molecular complexity index is 1100. The van der Waals surface area contributed by atoms with Crippen LogP contribution in [-0.4, -0.2) is 70.6 Å². The third-order valence-electron chi connectivity index (χ3n) is 5.49. The number of hydrazine groups is 1. The third-order valence-corrected chi connectivity index (χ3v) is 6.01. The number of hydrogen-bond acceptors (Lipinski definition) is 5. The lowest BCUT2D eigenvalue weighted by atomic mass is 10.1. The fraction of sp³-hybridized carbons (Fsp3) is 0.261. The standard InChI is InChI=1S/C23H21BrN4O5/c24-16-8-6-15(7-9-16)21(31)28-13-3-12-27(28)20(30)10-11-25-19(29)14-26-22(32)17-4-1-2-5-18(17)23(26)33/h1-2,4-9H,3,10-14H2,(H,25,29). The molecule has 0 unspecified atom stereocenters. The van der Waals surface area contributed by atoms with Crippen molar-refractivity contribution < 1.29 is 24.0 Å². The minimum atomic E-state index is -0.540. The van der Waals surface area contributed by atoms with E-state index >= 15 is 0 Å². The van der Waals surface area contributed by atoms with Crippen LogP contribution in [0.3, 0.4) is 0 Å². The summed E-state index contributed by atoms with van der Waals surface area (Å²) in [6.45, 7) is 0.465. The molecule has 1 fully saturated rings. The summed E-state index contributed by atoms with van der Waals surface area (Å²) in [5.41, 5.74) is 1.03. The number of rotatable bonds is 6. The number of carbonyl (C=O) groups is 5. The Balaban J connectivity index is 1.28. The summed E-state index contributed by atoms with van der Waals surface area (Å²) in [5, 5.41) is 5.40. The second-order valence-corrected chi connectivity index (χ2v) is 8.56. The molecule has 2 aromatic carbocycles. The molecule has 10 heteroatoms. The molecule has 1 N–H and O–H groups in total. The van der Waals surface area contributed by atoms with Gasteiger partial charge in [0.1, 0.15) is 6.54 Å². The van der Waals surface area contributed by atoms with Crippen molar-refractivity contribution in [3.8, 4) is 0 Å². The molecule has 0 aromatic heterocycles. The first kappa shape index (κ1) is 22.7. The molecule has 2 aliphatic heterocycles. The molecule has 33 heavy (non-hydrogen) atoms. The zero-order chi connectivity index (χ0) is 23.5. The summed E-state index contributed by atoms with van der Waals surface area (Å²) < 4.78 is 0.852. The quantitative estimate of drug-likeness (QED) is 0.594. The van der Waals surface area contributed by atoms with Crippen LogP contribution in [0, 0.1) is 0 Å². The van der Waals surface area contributed by atoms with E-state index in [-0.39, 0.29) is 35.9 Å². The van der Waals surface area contributed by atoms with Gasteiger partial charge in [-0.1, -0.05) is 28.1 Å². The predicted molar refractivity (Wildman–Crippen MR) is 121 cm³/mol. The Morgan fingerprint density at radius 1 is 0.879 bits per heavy atom. The molecule has 0 spiro atoms. The van der Waals surface area contributed by atoms with Gasteiger partial charge in [-0.25, -0.2) is 5.01 Å². The second-order valence-electron chi connectivity index (χ2n) is 7.65. The molecule has 0 bridgehead atoms. The van der Waals surface area contributed by atoms with Crippen LogP contribution in [0.4, 0.5) is 0 Å². The number of benzene rings is 2. The molecule has 5 amide bonds. The maximum atomic E-state index is 12.8. The van der Waals surface area contributed by atoms with E-state index in [1.807, 2.05) is 0 Å². The van der Waals surface area contributed by atoms with Crippen molar-refractivity contribution in [3.05, 3.63) is 69.7 Å². The molecule has 170 valence electrons. The van der Waals surface area contributed by atoms with Crippen LogP contribution in [0.15, 0.2) is 53.0 Å². The van der Waals surface area contributed by atoms with Gasteiger partial charge in [-0.3, -0.25) is 33.9 Å². The minimum Gasteiger partial charge on any atom is -0.354 e. The van der Waals surface area contributed by atoms with Crippen molar-refractivity contribution in [3.63, 3.8) is 0 Å². The van der Waals surface area contributed by atoms with Crippen molar-refractivity contribution >= 4 is 45.5 Å². The van der Waals surface area contributed by atoms with Gasteiger partial charge >= 0.3 is 0 Å². The van der Waals surface area contributed by atoms with Gasteiger partial charge in [0, 0.05) is 36.1 Å². The van der Waals surface area contributed by atoms with E-state index in [2.05, 4.69) is 21.2 Å². The molecule has 2 aromatic rings. The first-order valence-electron chi connectivity index (χ1n) is 10.5. The second kappa shape index (κ2) is 9.53. The number of halogens is 1. The highest BCUT2D eigenvalue weighted by Crippen LogP contribution is 2.22. The van der Waals surface area contributed by atoms with Crippen molar-refractivity contribution in [2.45, 2.75) is 12.8 Å². The van der Waals surface area contributed by atoms with E-state index in [4.69, 9.17) is 0 Å². The van der Waals surface area contributed by atoms with E-state index < -0.39 is 24.3 Å². The van der Waals surface area contributed by atoms with Gasteiger partial charge < -0.3 is 5.32 Å². The molecule has 2 aliphatic rings. The first-order valence-corrected chi connectivity index (χ1v) is 11.3. The Kier molecular flexibility index (Phi) is 6.55. The summed E-state index contributed by atoms with van der Waals surface area (Å²) in [6.07, 6.45) is 0.651. The molecular formula is C23H21BrN4O5. The van der Waals surface area contributed by atoms with Gasteiger partial charge in [0.25, 0.3) is 17.7 Å². The lowest BCUT2D eigenvalue weighted by molar-refractivity contribution is -0.140.